The Labute approximate surface area is 251 Å². The highest BCUT2D eigenvalue weighted by molar-refractivity contribution is 5.72. The summed E-state index contributed by atoms with van der Waals surface area (Å²) in [6.45, 7) is 10.3. The maximum absolute atomic E-state index is 2.52. The molecule has 0 radical (unpaired) electrons. The minimum atomic E-state index is 0.388. The molecule has 0 saturated heterocycles. The minimum Gasteiger partial charge on any atom is -0.218 e. The molecule has 2 nitrogen and oxygen atoms in total. The Hall–Kier alpha value is -3.91. The number of rotatable bonds is 6. The average molecular weight is 552 g/mol. The summed E-state index contributed by atoms with van der Waals surface area (Å²) in [4.78, 5) is 0. The lowest BCUT2D eigenvalue weighted by atomic mass is 9.83. The first-order valence-electron chi connectivity index (χ1n) is 16.1. The number of imidazole rings is 1. The molecule has 0 unspecified atom stereocenters. The number of hydrogen-bond donors (Lipinski definition) is 0. The van der Waals surface area contributed by atoms with Gasteiger partial charge in [-0.2, -0.15) is 4.57 Å². The van der Waals surface area contributed by atoms with Crippen LogP contribution in [0.2, 0.25) is 0 Å². The maximum atomic E-state index is 2.52. The van der Waals surface area contributed by atoms with Gasteiger partial charge >= 0.3 is 0 Å². The Kier molecular flexibility index (Phi) is 7.10. The van der Waals surface area contributed by atoms with Gasteiger partial charge in [0.15, 0.2) is 5.69 Å². The third kappa shape index (κ3) is 4.71. The van der Waals surface area contributed by atoms with E-state index in [2.05, 4.69) is 134 Å². The van der Waals surface area contributed by atoms with Crippen molar-refractivity contribution in [2.24, 2.45) is 0 Å². The molecule has 42 heavy (non-hydrogen) atoms. The molecule has 1 aliphatic heterocycles. The Morgan fingerprint density at radius 1 is 0.667 bits per heavy atom. The number of fused-ring (bicyclic) bond motifs is 3. The van der Waals surface area contributed by atoms with Crippen molar-refractivity contribution in [3.63, 3.8) is 0 Å². The smallest absolute Gasteiger partial charge is 0.218 e. The van der Waals surface area contributed by atoms with Crippen LogP contribution in [0.25, 0.3) is 39.5 Å². The summed E-state index contributed by atoms with van der Waals surface area (Å²) >= 11 is 0. The first-order valence-corrected chi connectivity index (χ1v) is 16.1. The largest absolute Gasteiger partial charge is 0.295 e. The molecule has 7 rings (SSSR count). The van der Waals surface area contributed by atoms with E-state index in [1.54, 1.807) is 0 Å². The highest BCUT2D eigenvalue weighted by Gasteiger charge is 2.36. The van der Waals surface area contributed by atoms with E-state index in [0.29, 0.717) is 11.8 Å². The molecule has 0 atom stereocenters. The van der Waals surface area contributed by atoms with Gasteiger partial charge in [0.25, 0.3) is 5.82 Å². The molecule has 1 saturated carbocycles. The van der Waals surface area contributed by atoms with Crippen molar-refractivity contribution in [1.29, 1.82) is 0 Å². The zero-order chi connectivity index (χ0) is 28.8. The van der Waals surface area contributed by atoms with Crippen LogP contribution in [-0.2, 0) is 6.54 Å². The van der Waals surface area contributed by atoms with Crippen molar-refractivity contribution in [1.82, 2.24) is 4.57 Å². The van der Waals surface area contributed by atoms with Crippen LogP contribution in [0, 0.1) is 0 Å². The van der Waals surface area contributed by atoms with Crippen molar-refractivity contribution in [3.8, 4) is 39.5 Å². The SMILES string of the molecule is CC(C)c1cc(-c2ccc(C3CCCCC3)cc2)cc(C(C)C)c1-[n+]1cc(-c2ccccc2)n2c1-c1ccccc1C2. The molecule has 0 bridgehead atoms. The van der Waals surface area contributed by atoms with E-state index in [1.807, 2.05) is 0 Å². The Morgan fingerprint density at radius 2 is 1.31 bits per heavy atom. The summed E-state index contributed by atoms with van der Waals surface area (Å²) in [5.74, 6) is 2.80. The second-order valence-corrected chi connectivity index (χ2v) is 13.1. The topological polar surface area (TPSA) is 8.81 Å². The average Bonchev–Trinajstić information content (AvgIpc) is 3.59. The van der Waals surface area contributed by atoms with E-state index in [9.17, 15) is 0 Å². The van der Waals surface area contributed by atoms with E-state index in [0.717, 1.165) is 12.5 Å². The van der Waals surface area contributed by atoms with Crippen LogP contribution in [0.4, 0.5) is 0 Å². The van der Waals surface area contributed by atoms with Crippen molar-refractivity contribution >= 4 is 0 Å². The van der Waals surface area contributed by atoms with Crippen LogP contribution < -0.4 is 4.57 Å². The van der Waals surface area contributed by atoms with Crippen LogP contribution >= 0.6 is 0 Å². The lowest BCUT2D eigenvalue weighted by Gasteiger charge is -2.22. The molecule has 0 N–H and O–H groups in total. The van der Waals surface area contributed by atoms with E-state index in [1.165, 1.54) is 93.8 Å². The van der Waals surface area contributed by atoms with Crippen LogP contribution in [0.5, 0.6) is 0 Å². The van der Waals surface area contributed by atoms with Gasteiger partial charge in [-0.25, -0.2) is 4.57 Å². The summed E-state index contributed by atoms with van der Waals surface area (Å²) in [5.41, 5.74) is 13.6. The molecular weight excluding hydrogens is 508 g/mol. The lowest BCUT2D eigenvalue weighted by Crippen LogP contribution is -2.34. The fourth-order valence-electron chi connectivity index (χ4n) is 7.38. The number of benzene rings is 4. The van der Waals surface area contributed by atoms with Gasteiger partial charge in [0.1, 0.15) is 18.4 Å². The zero-order valence-electron chi connectivity index (χ0n) is 25.6. The molecule has 0 spiro atoms. The number of aromatic nitrogens is 2. The predicted molar refractivity (Wildman–Crippen MR) is 175 cm³/mol. The first kappa shape index (κ1) is 27.0. The summed E-state index contributed by atoms with van der Waals surface area (Å²) in [6.07, 6.45) is 9.24. The van der Waals surface area contributed by atoms with Crippen molar-refractivity contribution < 1.29 is 4.57 Å². The van der Waals surface area contributed by atoms with E-state index in [-0.39, 0.29) is 0 Å². The van der Waals surface area contributed by atoms with Gasteiger partial charge in [-0.1, -0.05) is 120 Å². The second-order valence-electron chi connectivity index (χ2n) is 13.1. The Morgan fingerprint density at radius 3 is 1.98 bits per heavy atom. The quantitative estimate of drug-likeness (QED) is 0.182. The van der Waals surface area contributed by atoms with E-state index in [4.69, 9.17) is 0 Å². The zero-order valence-corrected chi connectivity index (χ0v) is 25.6. The summed E-state index contributed by atoms with van der Waals surface area (Å²) < 4.78 is 5.04. The maximum Gasteiger partial charge on any atom is 0.295 e. The highest BCUT2D eigenvalue weighted by atomic mass is 15.2. The van der Waals surface area contributed by atoms with Crippen molar-refractivity contribution in [2.75, 3.05) is 0 Å². The fraction of sp³-hybridized carbons (Fsp3) is 0.325. The third-order valence-electron chi connectivity index (χ3n) is 9.66. The molecule has 1 aliphatic carbocycles. The van der Waals surface area contributed by atoms with E-state index >= 15 is 0 Å². The van der Waals surface area contributed by atoms with Gasteiger partial charge in [0, 0.05) is 22.3 Å². The molecule has 2 aliphatic rings. The van der Waals surface area contributed by atoms with Crippen LogP contribution in [0.3, 0.4) is 0 Å². The monoisotopic (exact) mass is 551 g/mol. The minimum absolute atomic E-state index is 0.388. The molecule has 5 aromatic rings. The molecule has 4 aromatic carbocycles. The second kappa shape index (κ2) is 11.1. The van der Waals surface area contributed by atoms with Gasteiger partial charge in [0.05, 0.1) is 5.56 Å². The standard InChI is InChI=1S/C40H43N2/c1-27(2)36-23-34(31-21-19-30(20-22-31)29-13-7-5-8-14-29)24-37(28(3)4)39(36)42-26-38(32-15-9-6-10-16-32)41-25-33-17-11-12-18-35(33)40(41)42/h6,9-12,15-24,26-29H,5,7-8,13-14,25H2,1-4H3/q+1. The van der Waals surface area contributed by atoms with Crippen molar-refractivity contribution in [3.05, 3.63) is 119 Å². The molecule has 1 aromatic heterocycles. The van der Waals surface area contributed by atoms with Crippen LogP contribution in [0.1, 0.15) is 99.8 Å². The molecule has 2 heterocycles. The Bertz CT molecular complexity index is 1690. The van der Waals surface area contributed by atoms with Crippen molar-refractivity contribution in [2.45, 2.75) is 84.1 Å². The fourth-order valence-corrected chi connectivity index (χ4v) is 7.38. The lowest BCUT2D eigenvalue weighted by molar-refractivity contribution is -0.583. The number of hydrogen-bond acceptors (Lipinski definition) is 0. The number of nitrogens with zero attached hydrogens (tertiary/aromatic N) is 2. The van der Waals surface area contributed by atoms with Crippen LogP contribution in [0.15, 0.2) is 97.2 Å². The van der Waals surface area contributed by atoms with Gasteiger partial charge in [-0.05, 0) is 65.5 Å². The molecule has 1 fully saturated rings. The molecule has 212 valence electrons. The predicted octanol–water partition coefficient (Wildman–Crippen LogP) is 10.4. The molecule has 2 heteroatoms. The van der Waals surface area contributed by atoms with E-state index < -0.39 is 0 Å². The summed E-state index contributed by atoms with van der Waals surface area (Å²) in [5, 5.41) is 0. The normalized spacial score (nSPS) is 14.9. The van der Waals surface area contributed by atoms with Gasteiger partial charge in [-0.15, -0.1) is 0 Å². The van der Waals surface area contributed by atoms with Gasteiger partial charge in [0.2, 0.25) is 0 Å². The first-order chi connectivity index (χ1) is 20.5. The Balaban J connectivity index is 1.41. The van der Waals surface area contributed by atoms with Gasteiger partial charge < -0.3 is 0 Å². The van der Waals surface area contributed by atoms with Gasteiger partial charge in [-0.3, -0.25) is 0 Å². The van der Waals surface area contributed by atoms with Crippen LogP contribution in [-0.4, -0.2) is 4.57 Å². The molecule has 0 amide bonds. The highest BCUT2D eigenvalue weighted by Crippen LogP contribution is 2.40. The third-order valence-corrected chi connectivity index (χ3v) is 9.66. The summed E-state index contributed by atoms with van der Waals surface area (Å²) in [6, 6.07) is 34.3. The molecular formula is C40H43N2+. The summed E-state index contributed by atoms with van der Waals surface area (Å²) in [7, 11) is 0.